The molecule has 0 aromatic heterocycles. The summed E-state index contributed by atoms with van der Waals surface area (Å²) in [6, 6.07) is 8.92. The molecule has 2 rings (SSSR count). The average Bonchev–Trinajstić information content (AvgIpc) is 2.49. The van der Waals surface area contributed by atoms with Crippen molar-refractivity contribution in [3.05, 3.63) is 29.8 Å². The zero-order valence-electron chi connectivity index (χ0n) is 12.1. The fraction of sp³-hybridized carbons (Fsp3) is 0.625. The van der Waals surface area contributed by atoms with Crippen molar-refractivity contribution >= 4 is 5.69 Å². The van der Waals surface area contributed by atoms with Gasteiger partial charge in [0.25, 0.3) is 0 Å². The number of ether oxygens (including phenoxy) is 1. The molecule has 2 N–H and O–H groups in total. The maximum atomic E-state index is 6.39. The number of anilines is 1. The van der Waals surface area contributed by atoms with Crippen molar-refractivity contribution in [2.24, 2.45) is 11.7 Å². The highest BCUT2D eigenvalue weighted by atomic mass is 16.5. The highest BCUT2D eigenvalue weighted by Gasteiger charge is 2.22. The summed E-state index contributed by atoms with van der Waals surface area (Å²) in [5.41, 5.74) is 8.93. The molecule has 1 atom stereocenters. The third kappa shape index (κ3) is 3.48. The number of hydrogen-bond acceptors (Lipinski definition) is 3. The molecule has 1 saturated heterocycles. The van der Waals surface area contributed by atoms with Crippen molar-refractivity contribution in [3.63, 3.8) is 0 Å². The minimum absolute atomic E-state index is 0.148. The van der Waals surface area contributed by atoms with Crippen LogP contribution in [0.2, 0.25) is 0 Å². The molecule has 1 heterocycles. The van der Waals surface area contributed by atoms with Crippen molar-refractivity contribution in [2.75, 3.05) is 31.2 Å². The quantitative estimate of drug-likeness (QED) is 0.886. The Kier molecular flexibility index (Phi) is 5.23. The van der Waals surface area contributed by atoms with Crippen LogP contribution in [0.1, 0.15) is 38.3 Å². The number of nitrogens with zero attached hydrogens (tertiary/aromatic N) is 1. The molecule has 1 aromatic carbocycles. The monoisotopic (exact) mass is 262 g/mol. The predicted octanol–water partition coefficient (Wildman–Crippen LogP) is 2.96. The lowest BCUT2D eigenvalue weighted by molar-refractivity contribution is 0.0584. The Labute approximate surface area is 116 Å². The molecule has 0 radical (unpaired) electrons. The zero-order chi connectivity index (χ0) is 13.7. The van der Waals surface area contributed by atoms with E-state index < -0.39 is 0 Å². The normalized spacial score (nSPS) is 18.3. The van der Waals surface area contributed by atoms with Gasteiger partial charge in [-0.15, -0.1) is 0 Å². The molecule has 1 aromatic rings. The van der Waals surface area contributed by atoms with E-state index >= 15 is 0 Å². The van der Waals surface area contributed by atoms with E-state index in [0.29, 0.717) is 5.92 Å². The zero-order valence-corrected chi connectivity index (χ0v) is 12.1. The lowest BCUT2D eigenvalue weighted by Crippen LogP contribution is -2.27. The fourth-order valence-corrected chi connectivity index (χ4v) is 2.84. The first-order valence-electron chi connectivity index (χ1n) is 7.44. The van der Waals surface area contributed by atoms with Crippen molar-refractivity contribution in [3.8, 4) is 0 Å². The van der Waals surface area contributed by atoms with Crippen molar-refractivity contribution < 1.29 is 4.74 Å². The molecule has 0 unspecified atom stereocenters. The Hall–Kier alpha value is -1.06. The summed E-state index contributed by atoms with van der Waals surface area (Å²) in [4.78, 5) is 2.35. The van der Waals surface area contributed by atoms with Gasteiger partial charge < -0.3 is 15.4 Å². The summed E-state index contributed by atoms with van der Waals surface area (Å²) in [5, 5.41) is 0. The second kappa shape index (κ2) is 6.92. The molecule has 0 aliphatic carbocycles. The summed E-state index contributed by atoms with van der Waals surface area (Å²) in [6.45, 7) is 8.17. The highest BCUT2D eigenvalue weighted by Crippen LogP contribution is 2.29. The Bertz CT molecular complexity index is 367. The number of rotatable bonds is 5. The highest BCUT2D eigenvalue weighted by molar-refractivity contribution is 5.47. The van der Waals surface area contributed by atoms with E-state index in [0.717, 1.165) is 39.1 Å². The average molecular weight is 262 g/mol. The number of nitrogens with two attached hydrogens (primary N) is 1. The summed E-state index contributed by atoms with van der Waals surface area (Å²) in [7, 11) is 0. The van der Waals surface area contributed by atoms with E-state index in [-0.39, 0.29) is 6.04 Å². The first kappa shape index (κ1) is 14.4. The van der Waals surface area contributed by atoms with E-state index in [1.165, 1.54) is 11.3 Å². The Balaban J connectivity index is 2.04. The Morgan fingerprint density at radius 1 is 1.16 bits per heavy atom. The summed E-state index contributed by atoms with van der Waals surface area (Å²) < 4.78 is 5.40. The van der Waals surface area contributed by atoms with Crippen LogP contribution in [-0.4, -0.2) is 26.3 Å². The molecule has 0 amide bonds. The van der Waals surface area contributed by atoms with Gasteiger partial charge in [0.1, 0.15) is 0 Å². The van der Waals surface area contributed by atoms with E-state index in [1.54, 1.807) is 0 Å². The lowest BCUT2D eigenvalue weighted by atomic mass is 9.88. The molecule has 106 valence electrons. The number of benzene rings is 1. The van der Waals surface area contributed by atoms with Crippen LogP contribution in [0, 0.1) is 5.92 Å². The largest absolute Gasteiger partial charge is 0.381 e. The topological polar surface area (TPSA) is 38.5 Å². The molecule has 1 fully saturated rings. The third-order valence-corrected chi connectivity index (χ3v) is 4.18. The minimum Gasteiger partial charge on any atom is -0.381 e. The van der Waals surface area contributed by atoms with Crippen LogP contribution in [0.15, 0.2) is 24.3 Å². The Morgan fingerprint density at radius 3 is 2.26 bits per heavy atom. The molecule has 0 saturated carbocycles. The van der Waals surface area contributed by atoms with Gasteiger partial charge in [0.15, 0.2) is 0 Å². The van der Waals surface area contributed by atoms with Gasteiger partial charge in [0, 0.05) is 38.0 Å². The molecule has 3 nitrogen and oxygen atoms in total. The molecule has 1 aliphatic rings. The van der Waals surface area contributed by atoms with Crippen LogP contribution in [0.25, 0.3) is 0 Å². The van der Waals surface area contributed by atoms with Gasteiger partial charge in [0.2, 0.25) is 0 Å². The van der Waals surface area contributed by atoms with Crippen molar-refractivity contribution in [1.82, 2.24) is 0 Å². The lowest BCUT2D eigenvalue weighted by Gasteiger charge is -2.28. The van der Waals surface area contributed by atoms with Crippen LogP contribution in [0.5, 0.6) is 0 Å². The molecule has 0 spiro atoms. The maximum Gasteiger partial charge on any atom is 0.0469 e. The van der Waals surface area contributed by atoms with Crippen LogP contribution in [0.3, 0.4) is 0 Å². The van der Waals surface area contributed by atoms with Gasteiger partial charge in [0.05, 0.1) is 0 Å². The number of hydrogen-bond donors (Lipinski definition) is 1. The smallest absolute Gasteiger partial charge is 0.0469 e. The van der Waals surface area contributed by atoms with Gasteiger partial charge in [-0.2, -0.15) is 0 Å². The molecular weight excluding hydrogens is 236 g/mol. The molecule has 3 heteroatoms. The van der Waals surface area contributed by atoms with Crippen LogP contribution < -0.4 is 10.6 Å². The van der Waals surface area contributed by atoms with E-state index in [2.05, 4.69) is 43.0 Å². The summed E-state index contributed by atoms with van der Waals surface area (Å²) in [6.07, 6.45) is 2.16. The van der Waals surface area contributed by atoms with Crippen LogP contribution in [0.4, 0.5) is 5.69 Å². The second-order valence-electron chi connectivity index (χ2n) is 5.24. The van der Waals surface area contributed by atoms with Gasteiger partial charge in [-0.3, -0.25) is 0 Å². The minimum atomic E-state index is 0.148. The van der Waals surface area contributed by atoms with Crippen LogP contribution in [-0.2, 0) is 4.74 Å². The fourth-order valence-electron chi connectivity index (χ4n) is 2.84. The summed E-state index contributed by atoms with van der Waals surface area (Å²) in [5.74, 6) is 0.563. The van der Waals surface area contributed by atoms with Gasteiger partial charge >= 0.3 is 0 Å². The SMILES string of the molecule is CCN(CC)c1ccc([C@H](N)C2CCOCC2)cc1. The van der Waals surface area contributed by atoms with Gasteiger partial charge in [-0.25, -0.2) is 0 Å². The van der Waals surface area contributed by atoms with Crippen molar-refractivity contribution in [1.29, 1.82) is 0 Å². The first-order chi connectivity index (χ1) is 9.26. The van der Waals surface area contributed by atoms with E-state index in [1.807, 2.05) is 0 Å². The van der Waals surface area contributed by atoms with Crippen molar-refractivity contribution in [2.45, 2.75) is 32.7 Å². The van der Waals surface area contributed by atoms with E-state index in [9.17, 15) is 0 Å². The van der Waals surface area contributed by atoms with Crippen LogP contribution >= 0.6 is 0 Å². The second-order valence-corrected chi connectivity index (χ2v) is 5.24. The molecule has 19 heavy (non-hydrogen) atoms. The third-order valence-electron chi connectivity index (χ3n) is 4.18. The van der Waals surface area contributed by atoms with Gasteiger partial charge in [-0.05, 0) is 50.3 Å². The van der Waals surface area contributed by atoms with Gasteiger partial charge in [-0.1, -0.05) is 12.1 Å². The maximum absolute atomic E-state index is 6.39. The molecule has 1 aliphatic heterocycles. The molecular formula is C16H26N2O. The first-order valence-corrected chi connectivity index (χ1v) is 7.44. The standard InChI is InChI=1S/C16H26N2O/c1-3-18(4-2)15-7-5-13(6-8-15)16(17)14-9-11-19-12-10-14/h5-8,14,16H,3-4,9-12,17H2,1-2H3/t16-/m0/s1. The summed E-state index contributed by atoms with van der Waals surface area (Å²) >= 11 is 0. The predicted molar refractivity (Wildman–Crippen MR) is 80.5 cm³/mol. The van der Waals surface area contributed by atoms with E-state index in [4.69, 9.17) is 10.5 Å². The molecule has 0 bridgehead atoms. The Morgan fingerprint density at radius 2 is 1.74 bits per heavy atom.